The summed E-state index contributed by atoms with van der Waals surface area (Å²) in [5.74, 6) is 2.11. The fourth-order valence-electron chi connectivity index (χ4n) is 4.13. The van der Waals surface area contributed by atoms with Crippen molar-refractivity contribution in [1.82, 2.24) is 9.80 Å². The van der Waals surface area contributed by atoms with Crippen LogP contribution in [0.1, 0.15) is 39.5 Å². The minimum Gasteiger partial charge on any atom is -0.340 e. The second kappa shape index (κ2) is 4.52. The molecule has 0 radical (unpaired) electrons. The van der Waals surface area contributed by atoms with Crippen molar-refractivity contribution in [1.29, 1.82) is 0 Å². The molecule has 0 unspecified atom stereocenters. The van der Waals surface area contributed by atoms with Crippen molar-refractivity contribution in [2.45, 2.75) is 39.5 Å². The first-order chi connectivity index (χ1) is 8.56. The first-order valence-corrected chi connectivity index (χ1v) is 7.56. The molecule has 2 aliphatic heterocycles. The largest absolute Gasteiger partial charge is 0.340 e. The Morgan fingerprint density at radius 3 is 2.28 bits per heavy atom. The molecule has 1 amide bonds. The summed E-state index contributed by atoms with van der Waals surface area (Å²) in [6, 6.07) is 0. The van der Waals surface area contributed by atoms with Gasteiger partial charge in [0.05, 0.1) is 6.54 Å². The Kier molecular flexibility index (Phi) is 3.13. The summed E-state index contributed by atoms with van der Waals surface area (Å²) in [7, 11) is 0. The highest BCUT2D eigenvalue weighted by atomic mass is 16.2. The molecule has 0 aromatic carbocycles. The highest BCUT2D eigenvalue weighted by molar-refractivity contribution is 5.79. The van der Waals surface area contributed by atoms with Crippen LogP contribution in [0, 0.1) is 17.3 Å². The highest BCUT2D eigenvalue weighted by Crippen LogP contribution is 2.51. The number of carbonyl (C=O) groups excluding carboxylic acids is 1. The molecule has 1 saturated carbocycles. The number of hydrogen-bond acceptors (Lipinski definition) is 2. The molecular weight excluding hydrogens is 224 g/mol. The quantitative estimate of drug-likeness (QED) is 0.748. The maximum absolute atomic E-state index is 12.2. The van der Waals surface area contributed by atoms with Crippen molar-refractivity contribution in [2.24, 2.45) is 17.3 Å². The van der Waals surface area contributed by atoms with Crippen LogP contribution >= 0.6 is 0 Å². The first kappa shape index (κ1) is 12.5. The third kappa shape index (κ3) is 2.29. The smallest absolute Gasteiger partial charge is 0.236 e. The third-order valence-corrected chi connectivity index (χ3v) is 5.20. The van der Waals surface area contributed by atoms with Crippen LogP contribution in [0.3, 0.4) is 0 Å². The van der Waals surface area contributed by atoms with E-state index < -0.39 is 0 Å². The molecule has 102 valence electrons. The second-order valence-electron chi connectivity index (χ2n) is 7.22. The molecule has 0 aromatic heterocycles. The fraction of sp³-hybridized carbons (Fsp3) is 0.933. The minimum absolute atomic E-state index is 0.370. The number of likely N-dealkylation sites (tertiary alicyclic amines) is 2. The van der Waals surface area contributed by atoms with Crippen molar-refractivity contribution >= 4 is 5.91 Å². The van der Waals surface area contributed by atoms with Gasteiger partial charge in [-0.2, -0.15) is 0 Å². The van der Waals surface area contributed by atoms with Crippen LogP contribution in [0.15, 0.2) is 0 Å². The van der Waals surface area contributed by atoms with Crippen LogP contribution in [0.2, 0.25) is 0 Å². The lowest BCUT2D eigenvalue weighted by atomic mass is 9.58. The van der Waals surface area contributed by atoms with Crippen LogP contribution in [0.25, 0.3) is 0 Å². The Morgan fingerprint density at radius 2 is 1.72 bits per heavy atom. The second-order valence-corrected chi connectivity index (χ2v) is 7.22. The number of carbonyl (C=O) groups is 1. The van der Waals surface area contributed by atoms with Gasteiger partial charge in [-0.25, -0.2) is 0 Å². The van der Waals surface area contributed by atoms with E-state index in [4.69, 9.17) is 0 Å². The summed E-state index contributed by atoms with van der Waals surface area (Å²) in [4.78, 5) is 16.6. The molecule has 3 fully saturated rings. The molecule has 1 aliphatic carbocycles. The average molecular weight is 250 g/mol. The Hall–Kier alpha value is -0.570. The van der Waals surface area contributed by atoms with Gasteiger partial charge in [0.1, 0.15) is 0 Å². The standard InChI is InChI=1S/C15H26N2O/c1-12-3-5-16(6-4-12)9-14(18)17-10-15(11-17)7-13(2)8-15/h12-13H,3-11H2,1-2H3. The molecule has 1 spiro atoms. The van der Waals surface area contributed by atoms with Crippen molar-refractivity contribution in [2.75, 3.05) is 32.7 Å². The van der Waals surface area contributed by atoms with Crippen molar-refractivity contribution < 1.29 is 4.79 Å². The number of rotatable bonds is 2. The molecule has 0 N–H and O–H groups in total. The maximum Gasteiger partial charge on any atom is 0.236 e. The van der Waals surface area contributed by atoms with E-state index in [-0.39, 0.29) is 0 Å². The van der Waals surface area contributed by atoms with Gasteiger partial charge in [0.25, 0.3) is 0 Å². The molecule has 18 heavy (non-hydrogen) atoms. The minimum atomic E-state index is 0.370. The molecular formula is C15H26N2O. The van der Waals surface area contributed by atoms with Crippen LogP contribution in [-0.4, -0.2) is 48.4 Å². The van der Waals surface area contributed by atoms with Gasteiger partial charge in [-0.15, -0.1) is 0 Å². The summed E-state index contributed by atoms with van der Waals surface area (Å²) in [5, 5.41) is 0. The van der Waals surface area contributed by atoms with Gasteiger partial charge in [-0.3, -0.25) is 9.69 Å². The zero-order valence-electron chi connectivity index (χ0n) is 11.8. The molecule has 3 aliphatic rings. The van der Waals surface area contributed by atoms with E-state index in [9.17, 15) is 4.79 Å². The van der Waals surface area contributed by atoms with Crippen molar-refractivity contribution in [3.05, 3.63) is 0 Å². The summed E-state index contributed by atoms with van der Waals surface area (Å²) in [6.45, 7) is 9.62. The normalized spacial score (nSPS) is 29.1. The summed E-state index contributed by atoms with van der Waals surface area (Å²) in [5.41, 5.74) is 0.547. The molecule has 0 aromatic rings. The van der Waals surface area contributed by atoms with Gasteiger partial charge in [-0.05, 0) is 50.6 Å². The van der Waals surface area contributed by atoms with Crippen LogP contribution in [0.5, 0.6) is 0 Å². The Bertz CT molecular complexity index is 319. The van der Waals surface area contributed by atoms with E-state index >= 15 is 0 Å². The van der Waals surface area contributed by atoms with Crippen molar-refractivity contribution in [3.8, 4) is 0 Å². The Balaban J connectivity index is 1.41. The van der Waals surface area contributed by atoms with E-state index in [2.05, 4.69) is 23.6 Å². The first-order valence-electron chi connectivity index (χ1n) is 7.56. The molecule has 2 saturated heterocycles. The van der Waals surface area contributed by atoms with Crippen LogP contribution < -0.4 is 0 Å². The van der Waals surface area contributed by atoms with Gasteiger partial charge < -0.3 is 4.90 Å². The zero-order valence-corrected chi connectivity index (χ0v) is 11.8. The summed E-state index contributed by atoms with van der Waals surface area (Å²) in [6.07, 6.45) is 5.21. The monoisotopic (exact) mass is 250 g/mol. The van der Waals surface area contributed by atoms with Crippen molar-refractivity contribution in [3.63, 3.8) is 0 Å². The Labute approximate surface area is 111 Å². The predicted molar refractivity (Wildman–Crippen MR) is 72.2 cm³/mol. The highest BCUT2D eigenvalue weighted by Gasteiger charge is 2.51. The van der Waals surface area contributed by atoms with Gasteiger partial charge >= 0.3 is 0 Å². The fourth-order valence-corrected chi connectivity index (χ4v) is 4.13. The number of nitrogens with zero attached hydrogens (tertiary/aromatic N) is 2. The number of amides is 1. The molecule has 0 bridgehead atoms. The maximum atomic E-state index is 12.2. The van der Waals surface area contributed by atoms with Gasteiger partial charge in [0.15, 0.2) is 0 Å². The van der Waals surface area contributed by atoms with Gasteiger partial charge in [-0.1, -0.05) is 13.8 Å². The lowest BCUT2D eigenvalue weighted by molar-refractivity contribution is -0.155. The number of piperidine rings is 1. The SMILES string of the molecule is CC1CCN(CC(=O)N2CC3(CC(C)C3)C2)CC1. The average Bonchev–Trinajstić information content (AvgIpc) is 2.24. The lowest BCUT2D eigenvalue weighted by Crippen LogP contribution is -2.64. The Morgan fingerprint density at radius 1 is 1.11 bits per heavy atom. The van der Waals surface area contributed by atoms with E-state index in [1.54, 1.807) is 0 Å². The number of hydrogen-bond donors (Lipinski definition) is 0. The third-order valence-electron chi connectivity index (χ3n) is 5.20. The van der Waals surface area contributed by atoms with Crippen LogP contribution in [-0.2, 0) is 4.79 Å². The van der Waals surface area contributed by atoms with E-state index in [0.717, 1.165) is 38.0 Å². The zero-order chi connectivity index (χ0) is 12.8. The lowest BCUT2D eigenvalue weighted by Gasteiger charge is -2.58. The molecule has 0 atom stereocenters. The van der Waals surface area contributed by atoms with Crippen LogP contribution in [0.4, 0.5) is 0 Å². The molecule has 3 rings (SSSR count). The predicted octanol–water partition coefficient (Wildman–Crippen LogP) is 1.98. The molecule has 2 heterocycles. The van der Waals surface area contributed by atoms with E-state index in [1.165, 1.54) is 25.7 Å². The van der Waals surface area contributed by atoms with Gasteiger partial charge in [0.2, 0.25) is 5.91 Å². The van der Waals surface area contributed by atoms with E-state index in [1.807, 2.05) is 0 Å². The topological polar surface area (TPSA) is 23.6 Å². The van der Waals surface area contributed by atoms with Gasteiger partial charge in [0, 0.05) is 18.5 Å². The molecule has 3 heteroatoms. The summed E-state index contributed by atoms with van der Waals surface area (Å²) < 4.78 is 0. The molecule has 3 nitrogen and oxygen atoms in total. The van der Waals surface area contributed by atoms with E-state index in [0.29, 0.717) is 17.9 Å². The summed E-state index contributed by atoms with van der Waals surface area (Å²) >= 11 is 0.